The number of hydrogen-bond acceptors (Lipinski definition) is 4. The van der Waals surface area contributed by atoms with E-state index in [9.17, 15) is 45.5 Å². The molecule has 1 aliphatic carbocycles. The molecule has 4 rings (SSSR count). The lowest BCUT2D eigenvalue weighted by Gasteiger charge is -2.25. The van der Waals surface area contributed by atoms with Gasteiger partial charge in [0.15, 0.2) is 11.6 Å². The van der Waals surface area contributed by atoms with Crippen LogP contribution >= 0.6 is 11.8 Å². The molecule has 0 spiro atoms. The van der Waals surface area contributed by atoms with E-state index in [4.69, 9.17) is 11.8 Å². The lowest BCUT2D eigenvalue weighted by Crippen LogP contribution is -2.28. The average molecular weight is 555 g/mol. The normalized spacial score (nSPS) is 13.1. The monoisotopic (exact) mass is 554 g/mol. The third-order valence-corrected chi connectivity index (χ3v) is 6.11. The minimum atomic E-state index is -5.22. The van der Waals surface area contributed by atoms with Crippen molar-refractivity contribution < 1.29 is 45.5 Å². The first kappa shape index (κ1) is 26.9. The number of ketones is 2. The van der Waals surface area contributed by atoms with Crippen LogP contribution in [0.2, 0.25) is 0 Å². The van der Waals surface area contributed by atoms with Crippen molar-refractivity contribution in [3.05, 3.63) is 93.5 Å². The summed E-state index contributed by atoms with van der Waals surface area (Å²) in [5.41, 5.74) is -6.49. The predicted octanol–water partition coefficient (Wildman–Crippen LogP) is 6.26. The van der Waals surface area contributed by atoms with Crippen molar-refractivity contribution in [1.29, 1.82) is 0 Å². The summed E-state index contributed by atoms with van der Waals surface area (Å²) in [5.74, 6) is -4.03. The van der Waals surface area contributed by atoms with Crippen molar-refractivity contribution in [2.24, 2.45) is 0 Å². The molecule has 196 valence electrons. The van der Waals surface area contributed by atoms with Crippen LogP contribution in [0.25, 0.3) is 0 Å². The maximum absolute atomic E-state index is 13.6. The van der Waals surface area contributed by atoms with Crippen LogP contribution in [0.15, 0.2) is 54.6 Å². The third-order valence-electron chi connectivity index (χ3n) is 5.69. The fraction of sp³-hybridized carbons (Fsp3) is 0.120. The molecule has 0 saturated carbocycles. The molecule has 0 atom stereocenters. The van der Waals surface area contributed by atoms with Gasteiger partial charge in [0.25, 0.3) is 5.91 Å². The molecule has 0 saturated heterocycles. The highest BCUT2D eigenvalue weighted by atomic mass is 35.5. The second-order valence-electron chi connectivity index (χ2n) is 8.10. The Kier molecular flexibility index (Phi) is 6.56. The van der Waals surface area contributed by atoms with Gasteiger partial charge in [-0.2, -0.15) is 26.3 Å². The average Bonchev–Trinajstić information content (AvgIpc) is 2.85. The fourth-order valence-corrected chi connectivity index (χ4v) is 4.11. The van der Waals surface area contributed by atoms with Crippen LogP contribution in [-0.2, 0) is 17.1 Å². The van der Waals surface area contributed by atoms with Crippen LogP contribution < -0.4 is 9.74 Å². The summed E-state index contributed by atoms with van der Waals surface area (Å²) in [6, 6.07) is 8.10. The number of carbonyl (C=O) groups is 4. The Bertz CT molecular complexity index is 1530. The lowest BCUT2D eigenvalue weighted by atomic mass is 9.82. The number of alkyl halides is 6. The molecule has 0 radical (unpaired) electrons. The number of anilines is 2. The molecule has 2 amide bonds. The van der Waals surface area contributed by atoms with Gasteiger partial charge >= 0.3 is 12.4 Å². The van der Waals surface area contributed by atoms with E-state index >= 15 is 0 Å². The van der Waals surface area contributed by atoms with Gasteiger partial charge in [0.1, 0.15) is 0 Å². The zero-order valence-corrected chi connectivity index (χ0v) is 19.7. The second-order valence-corrected chi connectivity index (χ2v) is 8.43. The Morgan fingerprint density at radius 3 is 1.97 bits per heavy atom. The molecular formula is C25H13ClF6N2O4. The van der Waals surface area contributed by atoms with Crippen molar-refractivity contribution in [1.82, 2.24) is 0 Å². The smallest absolute Gasteiger partial charge is 0.319 e. The minimum Gasteiger partial charge on any atom is -0.319 e. The molecular weight excluding hydrogens is 542 g/mol. The van der Waals surface area contributed by atoms with Crippen molar-refractivity contribution >= 4 is 46.5 Å². The van der Waals surface area contributed by atoms with E-state index in [1.165, 1.54) is 24.3 Å². The van der Waals surface area contributed by atoms with E-state index in [1.54, 1.807) is 0 Å². The maximum Gasteiger partial charge on any atom is 0.417 e. The highest BCUT2D eigenvalue weighted by molar-refractivity contribution is 6.39. The van der Waals surface area contributed by atoms with E-state index in [0.29, 0.717) is 4.42 Å². The van der Waals surface area contributed by atoms with Gasteiger partial charge < -0.3 is 5.32 Å². The molecule has 0 aliphatic heterocycles. The maximum atomic E-state index is 13.6. The van der Waals surface area contributed by atoms with Crippen LogP contribution in [0.3, 0.4) is 0 Å². The summed E-state index contributed by atoms with van der Waals surface area (Å²) in [4.78, 5) is 51.5. The molecule has 6 nitrogen and oxygen atoms in total. The molecule has 0 heterocycles. The molecule has 13 heteroatoms. The first-order valence-electron chi connectivity index (χ1n) is 10.5. The molecule has 1 N–H and O–H groups in total. The van der Waals surface area contributed by atoms with Gasteiger partial charge in [0, 0.05) is 35.4 Å². The Labute approximate surface area is 214 Å². The number of nitrogens with one attached hydrogen (secondary N) is 1. The van der Waals surface area contributed by atoms with Crippen LogP contribution in [0, 0.1) is 0 Å². The van der Waals surface area contributed by atoms with Gasteiger partial charge in [-0.15, -0.1) is 0 Å². The lowest BCUT2D eigenvalue weighted by molar-refractivity contribution is -0.141. The Hall–Kier alpha value is -4.19. The SMILES string of the molecule is CC(=O)N(Cl)c1ccc2c(c1NC(=O)c1cc(C(F)(F)F)ccc1C(F)(F)F)C(=O)c1ccccc1C2=O. The van der Waals surface area contributed by atoms with Crippen molar-refractivity contribution in [2.45, 2.75) is 19.3 Å². The summed E-state index contributed by atoms with van der Waals surface area (Å²) in [6.45, 7) is 0.995. The van der Waals surface area contributed by atoms with E-state index in [-0.39, 0.29) is 34.9 Å². The first-order valence-corrected chi connectivity index (χ1v) is 10.9. The molecule has 3 aromatic rings. The molecule has 3 aromatic carbocycles. The summed E-state index contributed by atoms with van der Waals surface area (Å²) in [6.07, 6.45) is -10.3. The van der Waals surface area contributed by atoms with Gasteiger partial charge in [-0.25, -0.2) is 4.42 Å². The standard InChI is InChI=1S/C25H13ClF6N2O4/c1-11(35)34(26)18-9-7-15-19(22(37)14-5-3-2-4-13(14)21(15)36)20(18)33-23(38)16-10-12(24(27,28)29)6-8-17(16)25(30,31)32/h2-10H,1H3,(H,33,38). The largest absolute Gasteiger partial charge is 0.417 e. The van der Waals surface area contributed by atoms with Gasteiger partial charge in [-0.05, 0) is 30.3 Å². The second kappa shape index (κ2) is 9.28. The molecule has 38 heavy (non-hydrogen) atoms. The molecule has 0 bridgehead atoms. The highest BCUT2D eigenvalue weighted by Crippen LogP contribution is 2.41. The Balaban J connectivity index is 1.94. The fourth-order valence-electron chi connectivity index (χ4n) is 3.97. The summed E-state index contributed by atoms with van der Waals surface area (Å²) in [7, 11) is 0. The topological polar surface area (TPSA) is 83.6 Å². The van der Waals surface area contributed by atoms with E-state index in [1.807, 2.05) is 5.32 Å². The van der Waals surface area contributed by atoms with Crippen LogP contribution in [-0.4, -0.2) is 23.4 Å². The number of benzene rings is 3. The summed E-state index contributed by atoms with van der Waals surface area (Å²) < 4.78 is 81.0. The predicted molar refractivity (Wildman–Crippen MR) is 123 cm³/mol. The first-order chi connectivity index (χ1) is 17.6. The Morgan fingerprint density at radius 2 is 1.42 bits per heavy atom. The van der Waals surface area contributed by atoms with Crippen LogP contribution in [0.4, 0.5) is 37.7 Å². The van der Waals surface area contributed by atoms with E-state index < -0.39 is 69.4 Å². The summed E-state index contributed by atoms with van der Waals surface area (Å²) in [5, 5.41) is 2.01. The van der Waals surface area contributed by atoms with Crippen molar-refractivity contribution in [3.63, 3.8) is 0 Å². The van der Waals surface area contributed by atoms with E-state index in [2.05, 4.69) is 0 Å². The number of rotatable bonds is 3. The number of fused-ring (bicyclic) bond motifs is 2. The van der Waals surface area contributed by atoms with Gasteiger partial charge in [-0.3, -0.25) is 19.2 Å². The van der Waals surface area contributed by atoms with Crippen LogP contribution in [0.1, 0.15) is 60.3 Å². The quantitative estimate of drug-likeness (QED) is 0.239. The highest BCUT2D eigenvalue weighted by Gasteiger charge is 2.40. The third kappa shape index (κ3) is 4.62. The Morgan fingerprint density at radius 1 is 0.816 bits per heavy atom. The van der Waals surface area contributed by atoms with E-state index in [0.717, 1.165) is 19.1 Å². The zero-order chi connectivity index (χ0) is 28.2. The molecule has 0 unspecified atom stereocenters. The summed E-state index contributed by atoms with van der Waals surface area (Å²) >= 11 is 6.00. The zero-order valence-electron chi connectivity index (χ0n) is 18.9. The minimum absolute atomic E-state index is 0.0128. The van der Waals surface area contributed by atoms with Gasteiger partial charge in [0.05, 0.1) is 33.6 Å². The number of hydrogen-bond donors (Lipinski definition) is 1. The molecule has 0 aromatic heterocycles. The number of halogens is 7. The van der Waals surface area contributed by atoms with Gasteiger partial charge in [0.2, 0.25) is 5.91 Å². The van der Waals surface area contributed by atoms with Crippen molar-refractivity contribution in [2.75, 3.05) is 9.74 Å². The molecule has 1 aliphatic rings. The van der Waals surface area contributed by atoms with Crippen molar-refractivity contribution in [3.8, 4) is 0 Å². The number of carbonyl (C=O) groups excluding carboxylic acids is 4. The number of amides is 2. The van der Waals surface area contributed by atoms with Gasteiger partial charge in [-0.1, -0.05) is 24.3 Å². The van der Waals surface area contributed by atoms with Crippen LogP contribution in [0.5, 0.6) is 0 Å². The number of nitrogens with zero attached hydrogens (tertiary/aromatic N) is 1. The molecule has 0 fully saturated rings.